The van der Waals surface area contributed by atoms with Crippen LogP contribution in [0.2, 0.25) is 0 Å². The summed E-state index contributed by atoms with van der Waals surface area (Å²) in [7, 11) is 0. The summed E-state index contributed by atoms with van der Waals surface area (Å²) in [6, 6.07) is 6.04. The summed E-state index contributed by atoms with van der Waals surface area (Å²) in [6.45, 7) is 0.504. The third-order valence-electron chi connectivity index (χ3n) is 2.76. The molecule has 0 atom stereocenters. The maximum atomic E-state index is 11.5. The number of nitrogens with zero attached hydrogens (tertiary/aromatic N) is 1. The first-order chi connectivity index (χ1) is 10.5. The number of para-hydroxylation sites is 2. The van der Waals surface area contributed by atoms with Crippen molar-refractivity contribution in [1.29, 1.82) is 0 Å². The first-order valence-corrected chi connectivity index (χ1v) is 6.85. The highest BCUT2D eigenvalue weighted by Gasteiger charge is 2.13. The van der Waals surface area contributed by atoms with Gasteiger partial charge in [0.1, 0.15) is 0 Å². The van der Waals surface area contributed by atoms with Gasteiger partial charge in [0.2, 0.25) is 5.91 Å². The van der Waals surface area contributed by atoms with Gasteiger partial charge in [0.05, 0.1) is 11.5 Å². The average Bonchev–Trinajstić information content (AvgIpc) is 2.48. The molecule has 0 saturated heterocycles. The van der Waals surface area contributed by atoms with Crippen LogP contribution in [0.1, 0.15) is 25.7 Å². The van der Waals surface area contributed by atoms with Crippen LogP contribution >= 0.6 is 0 Å². The molecule has 0 aliphatic carbocycles. The first kappa shape index (κ1) is 17.4. The predicted octanol–water partition coefficient (Wildman–Crippen LogP) is 1.73. The summed E-state index contributed by atoms with van der Waals surface area (Å²) < 4.78 is 5.31. The minimum atomic E-state index is -0.896. The molecule has 1 rings (SSSR count). The second-order valence-corrected chi connectivity index (χ2v) is 4.52. The Morgan fingerprint density at radius 3 is 2.64 bits per heavy atom. The molecule has 2 N–H and O–H groups in total. The van der Waals surface area contributed by atoms with Crippen LogP contribution in [0.5, 0.6) is 5.75 Å². The summed E-state index contributed by atoms with van der Waals surface area (Å²) in [5.74, 6) is -0.918. The molecule has 0 saturated carbocycles. The van der Waals surface area contributed by atoms with Gasteiger partial charge in [0, 0.05) is 25.5 Å². The summed E-state index contributed by atoms with van der Waals surface area (Å²) in [4.78, 5) is 32.0. The molecule has 0 spiro atoms. The zero-order valence-corrected chi connectivity index (χ0v) is 12.0. The van der Waals surface area contributed by atoms with Crippen LogP contribution in [0.25, 0.3) is 0 Å². The van der Waals surface area contributed by atoms with E-state index in [2.05, 4.69) is 5.32 Å². The maximum absolute atomic E-state index is 11.5. The SMILES string of the molecule is O=C(O)CCCNC(=O)CCCOc1ccccc1[N+](=O)[O-]. The predicted molar refractivity (Wildman–Crippen MR) is 77.7 cm³/mol. The highest BCUT2D eigenvalue weighted by Crippen LogP contribution is 2.25. The number of hydrogen-bond donors (Lipinski definition) is 2. The third-order valence-corrected chi connectivity index (χ3v) is 2.76. The molecule has 0 aromatic heterocycles. The van der Waals surface area contributed by atoms with Crippen molar-refractivity contribution in [2.24, 2.45) is 0 Å². The van der Waals surface area contributed by atoms with Crippen LogP contribution < -0.4 is 10.1 Å². The standard InChI is InChI=1S/C14H18N2O6/c17-13(15-9-3-8-14(18)19)7-4-10-22-12-6-2-1-5-11(12)16(20)21/h1-2,5-6H,3-4,7-10H2,(H,15,17)(H,18,19). The summed E-state index contributed by atoms with van der Waals surface area (Å²) in [6.07, 6.45) is 1.03. The number of carboxylic acids is 1. The van der Waals surface area contributed by atoms with Crippen LogP contribution in [0.4, 0.5) is 5.69 Å². The number of hydrogen-bond acceptors (Lipinski definition) is 5. The van der Waals surface area contributed by atoms with Crippen molar-refractivity contribution < 1.29 is 24.4 Å². The molecule has 1 aromatic carbocycles. The minimum absolute atomic E-state index is 0.0149. The molecule has 0 heterocycles. The smallest absolute Gasteiger partial charge is 0.310 e. The summed E-state index contributed by atoms with van der Waals surface area (Å²) in [5, 5.41) is 21.8. The zero-order valence-electron chi connectivity index (χ0n) is 12.0. The Labute approximate surface area is 127 Å². The fourth-order valence-electron chi connectivity index (χ4n) is 1.70. The lowest BCUT2D eigenvalue weighted by Crippen LogP contribution is -2.25. The number of nitrogens with one attached hydrogen (secondary N) is 1. The first-order valence-electron chi connectivity index (χ1n) is 6.85. The molecule has 1 amide bonds. The van der Waals surface area contributed by atoms with E-state index < -0.39 is 10.9 Å². The van der Waals surface area contributed by atoms with Gasteiger partial charge in [0.25, 0.3) is 0 Å². The van der Waals surface area contributed by atoms with Crippen molar-refractivity contribution in [2.75, 3.05) is 13.2 Å². The number of carbonyl (C=O) groups excluding carboxylic acids is 1. The highest BCUT2D eigenvalue weighted by atomic mass is 16.6. The topological polar surface area (TPSA) is 119 Å². The van der Waals surface area contributed by atoms with Crippen LogP contribution in [-0.4, -0.2) is 35.1 Å². The number of carbonyl (C=O) groups is 2. The second kappa shape index (κ2) is 9.32. The lowest BCUT2D eigenvalue weighted by molar-refractivity contribution is -0.385. The number of benzene rings is 1. The number of aliphatic carboxylic acids is 1. The van der Waals surface area contributed by atoms with Gasteiger partial charge in [-0.05, 0) is 18.9 Å². The molecule has 8 nitrogen and oxygen atoms in total. The van der Waals surface area contributed by atoms with Crippen molar-refractivity contribution in [1.82, 2.24) is 5.32 Å². The number of rotatable bonds is 10. The van der Waals surface area contributed by atoms with Gasteiger partial charge in [-0.15, -0.1) is 0 Å². The van der Waals surface area contributed by atoms with Gasteiger partial charge >= 0.3 is 11.7 Å². The Morgan fingerprint density at radius 2 is 1.95 bits per heavy atom. The molecule has 22 heavy (non-hydrogen) atoms. The highest BCUT2D eigenvalue weighted by molar-refractivity contribution is 5.75. The molecular formula is C14H18N2O6. The monoisotopic (exact) mass is 310 g/mol. The van der Waals surface area contributed by atoms with Gasteiger partial charge in [0.15, 0.2) is 5.75 Å². The Bertz CT molecular complexity index is 532. The van der Waals surface area contributed by atoms with Crippen molar-refractivity contribution >= 4 is 17.6 Å². The summed E-state index contributed by atoms with van der Waals surface area (Å²) in [5.41, 5.74) is -0.111. The number of nitro benzene ring substituents is 1. The molecule has 0 bridgehead atoms. The van der Waals surface area contributed by atoms with Gasteiger partial charge in [-0.1, -0.05) is 12.1 Å². The lowest BCUT2D eigenvalue weighted by Gasteiger charge is -2.07. The fraction of sp³-hybridized carbons (Fsp3) is 0.429. The Kier molecular flexibility index (Phi) is 7.38. The molecule has 0 radical (unpaired) electrons. The molecule has 0 aliphatic rings. The van der Waals surface area contributed by atoms with Crippen molar-refractivity contribution in [2.45, 2.75) is 25.7 Å². The second-order valence-electron chi connectivity index (χ2n) is 4.52. The van der Waals surface area contributed by atoms with E-state index in [0.29, 0.717) is 19.4 Å². The largest absolute Gasteiger partial charge is 0.487 e. The normalized spacial score (nSPS) is 10.0. The van der Waals surface area contributed by atoms with Crippen LogP contribution in [-0.2, 0) is 9.59 Å². The molecule has 0 aliphatic heterocycles. The van der Waals surface area contributed by atoms with E-state index in [0.717, 1.165) is 0 Å². The fourth-order valence-corrected chi connectivity index (χ4v) is 1.70. The molecule has 0 fully saturated rings. The lowest BCUT2D eigenvalue weighted by atomic mass is 10.2. The number of carboxylic acid groups (broad SMARTS) is 1. The van der Waals surface area contributed by atoms with Crippen LogP contribution in [0, 0.1) is 10.1 Å². The molecule has 120 valence electrons. The molecular weight excluding hydrogens is 292 g/mol. The maximum Gasteiger partial charge on any atom is 0.310 e. The van der Waals surface area contributed by atoms with E-state index in [1.165, 1.54) is 12.1 Å². The van der Waals surface area contributed by atoms with E-state index in [4.69, 9.17) is 9.84 Å². The molecule has 8 heteroatoms. The Hall–Kier alpha value is -2.64. The van der Waals surface area contributed by atoms with Crippen molar-refractivity contribution in [3.8, 4) is 5.75 Å². The van der Waals surface area contributed by atoms with Crippen LogP contribution in [0.3, 0.4) is 0 Å². The quantitative estimate of drug-likeness (QED) is 0.386. The van der Waals surface area contributed by atoms with Crippen molar-refractivity contribution in [3.05, 3.63) is 34.4 Å². The minimum Gasteiger partial charge on any atom is -0.487 e. The van der Waals surface area contributed by atoms with Gasteiger partial charge in [-0.25, -0.2) is 0 Å². The van der Waals surface area contributed by atoms with Crippen LogP contribution in [0.15, 0.2) is 24.3 Å². The van der Waals surface area contributed by atoms with E-state index in [-0.39, 0.29) is 36.8 Å². The summed E-state index contributed by atoms with van der Waals surface area (Å²) >= 11 is 0. The number of ether oxygens (including phenoxy) is 1. The van der Waals surface area contributed by atoms with Crippen molar-refractivity contribution in [3.63, 3.8) is 0 Å². The zero-order chi connectivity index (χ0) is 16.4. The molecule has 0 unspecified atom stereocenters. The van der Waals surface area contributed by atoms with Gasteiger partial charge in [-0.3, -0.25) is 19.7 Å². The number of nitro groups is 1. The molecule has 1 aromatic rings. The Balaban J connectivity index is 2.21. The van der Waals surface area contributed by atoms with E-state index in [1.807, 2.05) is 0 Å². The average molecular weight is 310 g/mol. The third kappa shape index (κ3) is 6.69. The van der Waals surface area contributed by atoms with Gasteiger partial charge in [-0.2, -0.15) is 0 Å². The van der Waals surface area contributed by atoms with E-state index >= 15 is 0 Å². The Morgan fingerprint density at radius 1 is 1.23 bits per heavy atom. The number of amides is 1. The van der Waals surface area contributed by atoms with E-state index in [9.17, 15) is 19.7 Å². The van der Waals surface area contributed by atoms with E-state index in [1.54, 1.807) is 12.1 Å². The van der Waals surface area contributed by atoms with Gasteiger partial charge < -0.3 is 15.2 Å².